The van der Waals surface area contributed by atoms with E-state index in [-0.39, 0.29) is 75.9 Å². The van der Waals surface area contributed by atoms with Gasteiger partial charge in [-0.15, -0.1) is 0 Å². The van der Waals surface area contributed by atoms with Crippen LogP contribution in [-0.2, 0) is 46.4 Å². The Balaban J connectivity index is 1.30. The number of rotatable bonds is 18. The molecule has 3 heterocycles. The number of hydrogen-bond donors (Lipinski definition) is 10. The number of guanidine groups is 1. The molecule has 0 spiro atoms. The average molecular weight is 967 g/mol. The first kappa shape index (κ1) is 52.9. The molecule has 0 radical (unpaired) electrons. The van der Waals surface area contributed by atoms with Crippen molar-refractivity contribution >= 4 is 58.2 Å². The van der Waals surface area contributed by atoms with Crippen LogP contribution < -0.4 is 49.1 Å². The zero-order valence-corrected chi connectivity index (χ0v) is 40.4. The van der Waals surface area contributed by atoms with Crippen LogP contribution in [0.1, 0.15) is 114 Å². The van der Waals surface area contributed by atoms with E-state index < -0.39 is 71.7 Å². The van der Waals surface area contributed by atoms with E-state index in [1.54, 1.807) is 6.20 Å². The lowest BCUT2D eigenvalue weighted by molar-refractivity contribution is -0.143. The molecule has 1 saturated carbocycles. The summed E-state index contributed by atoms with van der Waals surface area (Å²) in [7, 11) is 0. The maximum Gasteiger partial charge on any atom is 0.245 e. The van der Waals surface area contributed by atoms with Gasteiger partial charge in [-0.3, -0.25) is 38.6 Å². The Morgan fingerprint density at radius 1 is 0.757 bits per heavy atom. The van der Waals surface area contributed by atoms with Crippen molar-refractivity contribution in [2.75, 3.05) is 26.2 Å². The molecule has 6 rings (SSSR count). The second-order valence-corrected chi connectivity index (χ2v) is 19.0. The second-order valence-electron chi connectivity index (χ2n) is 19.0. The summed E-state index contributed by atoms with van der Waals surface area (Å²) in [6, 6.07) is 10.5. The maximum absolute atomic E-state index is 14.8. The fourth-order valence-electron chi connectivity index (χ4n) is 9.91. The first-order valence-electron chi connectivity index (χ1n) is 25.3. The van der Waals surface area contributed by atoms with E-state index in [0.717, 1.165) is 67.0 Å². The number of para-hydroxylation sites is 1. The summed E-state index contributed by atoms with van der Waals surface area (Å²) in [6.07, 6.45) is 11.2. The highest BCUT2D eigenvalue weighted by atomic mass is 16.2. The van der Waals surface area contributed by atoms with E-state index in [0.29, 0.717) is 38.6 Å². The fraction of sp³-hybridized carbons (Fsp3) is 0.569. The number of benzene rings is 2. The lowest BCUT2D eigenvalue weighted by Crippen LogP contribution is -2.60. The molecule has 13 N–H and O–H groups in total. The van der Waals surface area contributed by atoms with E-state index >= 15 is 0 Å². The molecule has 3 aromatic rings. The van der Waals surface area contributed by atoms with Crippen molar-refractivity contribution in [2.24, 2.45) is 28.1 Å². The number of carbonyl (C=O) groups is 7. The minimum Gasteiger partial charge on any atom is -0.370 e. The molecule has 3 aliphatic rings. The summed E-state index contributed by atoms with van der Waals surface area (Å²) in [4.78, 5) is 109. The van der Waals surface area contributed by atoms with Gasteiger partial charge in [0.25, 0.3) is 0 Å². The van der Waals surface area contributed by atoms with Crippen LogP contribution in [0.15, 0.2) is 65.8 Å². The Morgan fingerprint density at radius 2 is 1.49 bits per heavy atom. The number of amides is 7. The molecule has 2 aliphatic heterocycles. The van der Waals surface area contributed by atoms with Crippen LogP contribution in [0.25, 0.3) is 10.9 Å². The SMILES string of the molecule is NCCCCCC(=O)N[C@@H](Cc1ccccc1)C(=O)N[C@H]1CCCNC(=O)[C@H](CCCN=C(N)N)NC(=O)C(Cc2c[nH]c3ccccc23)NC(=O)[C@@H](CC2CCCCC2)NC(=O)[C@@H]2CCCN2C1=O. The molecule has 19 heteroatoms. The van der Waals surface area contributed by atoms with E-state index in [4.69, 9.17) is 17.2 Å². The number of nitrogens with one attached hydrogen (secondary N) is 7. The molecule has 2 saturated heterocycles. The van der Waals surface area contributed by atoms with Crippen molar-refractivity contribution in [2.45, 2.75) is 152 Å². The van der Waals surface area contributed by atoms with Gasteiger partial charge in [0.05, 0.1) is 0 Å². The summed E-state index contributed by atoms with van der Waals surface area (Å²) in [5.74, 6) is -3.48. The molecule has 70 heavy (non-hydrogen) atoms. The third-order valence-corrected chi connectivity index (χ3v) is 13.7. The molecule has 7 amide bonds. The zero-order valence-electron chi connectivity index (χ0n) is 40.4. The first-order chi connectivity index (χ1) is 33.9. The molecule has 3 fully saturated rings. The van der Waals surface area contributed by atoms with Gasteiger partial charge in [0.15, 0.2) is 5.96 Å². The minimum atomic E-state index is -1.15. The number of nitrogens with two attached hydrogens (primary N) is 3. The quantitative estimate of drug-likeness (QED) is 0.0501. The van der Waals surface area contributed by atoms with Gasteiger partial charge < -0.3 is 59.0 Å². The van der Waals surface area contributed by atoms with E-state index in [1.165, 1.54) is 4.90 Å². The average Bonchev–Trinajstić information content (AvgIpc) is 4.02. The van der Waals surface area contributed by atoms with Crippen LogP contribution in [0, 0.1) is 5.92 Å². The highest BCUT2D eigenvalue weighted by Crippen LogP contribution is 2.28. The van der Waals surface area contributed by atoms with E-state index in [1.807, 2.05) is 54.6 Å². The molecular formula is C51H74N12O7. The number of carbonyl (C=O) groups excluding carboxylic acids is 7. The normalized spacial score (nSPS) is 22.6. The number of fused-ring (bicyclic) bond motifs is 2. The van der Waals surface area contributed by atoms with Gasteiger partial charge in [-0.25, -0.2) is 0 Å². The summed E-state index contributed by atoms with van der Waals surface area (Å²) in [5, 5.41) is 18.5. The van der Waals surface area contributed by atoms with Crippen LogP contribution in [0.2, 0.25) is 0 Å². The Kier molecular flexibility index (Phi) is 20.4. The molecule has 6 atom stereocenters. The predicted molar refractivity (Wildman–Crippen MR) is 267 cm³/mol. The van der Waals surface area contributed by atoms with Crippen LogP contribution in [0.3, 0.4) is 0 Å². The number of H-pyrrole nitrogens is 1. The van der Waals surface area contributed by atoms with Gasteiger partial charge in [0.2, 0.25) is 41.4 Å². The van der Waals surface area contributed by atoms with E-state index in [2.05, 4.69) is 41.9 Å². The summed E-state index contributed by atoms with van der Waals surface area (Å²) < 4.78 is 0. The van der Waals surface area contributed by atoms with Crippen LogP contribution in [-0.4, -0.2) is 120 Å². The third-order valence-electron chi connectivity index (χ3n) is 13.7. The largest absolute Gasteiger partial charge is 0.370 e. The maximum atomic E-state index is 14.8. The standard InChI is InChI=1S/C51H74N12O7/c52-25-11-3-8-24-44(64)58-40(29-33-15-4-1-5-16-33)46(66)60-39-22-13-26-55-45(65)38(21-12-27-56-51(53)54)59-48(68)42(31-35-32-57-37-20-10-9-19-36(35)37)61-47(67)41(30-34-17-6-2-7-18-34)62-49(69)43-23-14-28-63(43)50(39)70/h1,4-5,9-10,15-16,19-20,32,34,38-43,57H,2-3,6-8,11-14,17-18,21-31,52H2,(H,55,65)(H,58,64)(H,59,68)(H,60,66)(H,61,67)(H,62,69)(H4,53,54,56)/t38-,39-,40-,41+,42?,43-/m0/s1. The fourth-order valence-corrected chi connectivity index (χ4v) is 9.91. The lowest BCUT2D eigenvalue weighted by atomic mass is 9.84. The molecular weight excluding hydrogens is 893 g/mol. The van der Waals surface area contributed by atoms with Gasteiger partial charge in [-0.05, 0) is 87.4 Å². The molecule has 2 aromatic carbocycles. The smallest absolute Gasteiger partial charge is 0.245 e. The van der Waals surface area contributed by atoms with Crippen LogP contribution >= 0.6 is 0 Å². The number of aliphatic imine (C=N–C) groups is 1. The van der Waals surface area contributed by atoms with Crippen molar-refractivity contribution in [1.82, 2.24) is 41.8 Å². The van der Waals surface area contributed by atoms with Crippen molar-refractivity contribution in [3.63, 3.8) is 0 Å². The summed E-state index contributed by atoms with van der Waals surface area (Å²) in [5.41, 5.74) is 19.2. The van der Waals surface area contributed by atoms with Gasteiger partial charge in [0, 0.05) is 56.0 Å². The lowest BCUT2D eigenvalue weighted by Gasteiger charge is -2.32. The minimum absolute atomic E-state index is 0.0635. The van der Waals surface area contributed by atoms with E-state index in [9.17, 15) is 33.6 Å². The third kappa shape index (κ3) is 15.8. The molecule has 0 bridgehead atoms. The van der Waals surface area contributed by atoms with Gasteiger partial charge >= 0.3 is 0 Å². The van der Waals surface area contributed by atoms with Crippen LogP contribution in [0.4, 0.5) is 0 Å². The topological polar surface area (TPSA) is 301 Å². The molecule has 1 aliphatic carbocycles. The Morgan fingerprint density at radius 3 is 2.26 bits per heavy atom. The summed E-state index contributed by atoms with van der Waals surface area (Å²) >= 11 is 0. The molecule has 19 nitrogen and oxygen atoms in total. The predicted octanol–water partition coefficient (Wildman–Crippen LogP) is 1.82. The monoisotopic (exact) mass is 967 g/mol. The van der Waals surface area contributed by atoms with Crippen molar-refractivity contribution in [1.29, 1.82) is 0 Å². The zero-order chi connectivity index (χ0) is 49.8. The van der Waals surface area contributed by atoms with Gasteiger partial charge in [0.1, 0.15) is 36.3 Å². The van der Waals surface area contributed by atoms with Gasteiger partial charge in [-0.1, -0.05) is 87.1 Å². The number of nitrogens with zero attached hydrogens (tertiary/aromatic N) is 2. The second kappa shape index (κ2) is 27.0. The van der Waals surface area contributed by atoms with Crippen molar-refractivity contribution in [3.05, 3.63) is 71.9 Å². The molecule has 380 valence electrons. The molecule has 1 unspecified atom stereocenters. The Labute approximate surface area is 410 Å². The highest BCUT2D eigenvalue weighted by molar-refractivity contribution is 5.98. The summed E-state index contributed by atoms with van der Waals surface area (Å²) in [6.45, 7) is 1.01. The Bertz CT molecular complexity index is 2260. The number of aromatic amines is 1. The highest BCUT2D eigenvalue weighted by Gasteiger charge is 2.40. The number of unbranched alkanes of at least 4 members (excludes halogenated alkanes) is 2. The number of hydrogen-bond acceptors (Lipinski definition) is 9. The van der Waals surface area contributed by atoms with Crippen LogP contribution in [0.5, 0.6) is 0 Å². The number of aromatic nitrogens is 1. The Hall–Kier alpha value is -6.50. The van der Waals surface area contributed by atoms with Crippen molar-refractivity contribution < 1.29 is 33.6 Å². The first-order valence-corrected chi connectivity index (χ1v) is 25.3. The van der Waals surface area contributed by atoms with Crippen molar-refractivity contribution in [3.8, 4) is 0 Å². The molecule has 1 aromatic heterocycles. The van der Waals surface area contributed by atoms with Gasteiger partial charge in [-0.2, -0.15) is 0 Å².